The Labute approximate surface area is 186 Å². The molecule has 3 rings (SSSR count). The van der Waals surface area contributed by atoms with Crippen molar-refractivity contribution < 1.29 is 23.2 Å². The van der Waals surface area contributed by atoms with Gasteiger partial charge >= 0.3 is 0 Å². The van der Waals surface area contributed by atoms with Gasteiger partial charge in [0.1, 0.15) is 11.5 Å². The molecule has 0 bridgehead atoms. The van der Waals surface area contributed by atoms with Gasteiger partial charge in [0.15, 0.2) is 4.75 Å². The van der Waals surface area contributed by atoms with Crippen LogP contribution in [-0.4, -0.2) is 23.2 Å². The minimum atomic E-state index is -5.09. The first-order chi connectivity index (χ1) is 13.5. The number of phenolic OH excluding ortho intramolecular Hbond substituents is 2. The number of phenols is 2. The van der Waals surface area contributed by atoms with Crippen LogP contribution >= 0.6 is 46.4 Å². The molecule has 3 aromatic rings. The van der Waals surface area contributed by atoms with Crippen LogP contribution in [0.3, 0.4) is 0 Å². The van der Waals surface area contributed by atoms with E-state index in [-0.39, 0.29) is 31.8 Å². The lowest BCUT2D eigenvalue weighted by Crippen LogP contribution is -2.39. The molecule has 10 heteroatoms. The number of halogens is 4. The zero-order chi connectivity index (χ0) is 21.6. The van der Waals surface area contributed by atoms with Crippen LogP contribution in [0.4, 0.5) is 0 Å². The molecule has 5 nitrogen and oxygen atoms in total. The molecule has 1 atom stereocenters. The van der Waals surface area contributed by atoms with E-state index in [9.17, 15) is 23.2 Å². The Kier molecular flexibility index (Phi) is 5.98. The van der Waals surface area contributed by atoms with Crippen LogP contribution in [0.15, 0.2) is 54.6 Å². The average Bonchev–Trinajstić information content (AvgIpc) is 2.65. The van der Waals surface area contributed by atoms with Gasteiger partial charge in [0, 0.05) is 11.6 Å². The molecule has 29 heavy (non-hydrogen) atoms. The summed E-state index contributed by atoms with van der Waals surface area (Å²) in [5.74, 6) is -0.982. The Morgan fingerprint density at radius 3 is 1.90 bits per heavy atom. The lowest BCUT2D eigenvalue weighted by Gasteiger charge is -2.34. The second-order valence-electron chi connectivity index (χ2n) is 6.07. The van der Waals surface area contributed by atoms with Gasteiger partial charge in [-0.3, -0.25) is 4.55 Å². The van der Waals surface area contributed by atoms with E-state index in [1.165, 1.54) is 36.4 Å². The molecule has 0 aromatic heterocycles. The van der Waals surface area contributed by atoms with E-state index in [1.54, 1.807) is 6.07 Å². The van der Waals surface area contributed by atoms with Crippen molar-refractivity contribution in [1.29, 1.82) is 0 Å². The lowest BCUT2D eigenvalue weighted by molar-refractivity contribution is 0.455. The molecule has 0 spiro atoms. The smallest absolute Gasteiger partial charge is 0.283 e. The van der Waals surface area contributed by atoms with Gasteiger partial charge in [-0.05, 0) is 23.3 Å². The summed E-state index contributed by atoms with van der Waals surface area (Å²) in [5, 5.41) is 19.4. The van der Waals surface area contributed by atoms with Crippen molar-refractivity contribution in [1.82, 2.24) is 0 Å². The molecular formula is C19H12Cl4O5S. The number of benzene rings is 3. The first-order valence-electron chi connectivity index (χ1n) is 7.90. The van der Waals surface area contributed by atoms with Crippen LogP contribution < -0.4 is 0 Å². The summed E-state index contributed by atoms with van der Waals surface area (Å²) in [6.45, 7) is 0. The van der Waals surface area contributed by atoms with E-state index in [2.05, 4.69) is 0 Å². The maximum Gasteiger partial charge on any atom is 0.283 e. The molecule has 0 aliphatic heterocycles. The highest BCUT2D eigenvalue weighted by Crippen LogP contribution is 2.53. The average molecular weight is 494 g/mol. The molecule has 0 amide bonds. The molecule has 0 aliphatic rings. The number of hydrogen-bond donors (Lipinski definition) is 3. The van der Waals surface area contributed by atoms with Crippen molar-refractivity contribution in [3.63, 3.8) is 0 Å². The highest BCUT2D eigenvalue weighted by atomic mass is 35.5. The minimum Gasteiger partial charge on any atom is -0.506 e. The molecule has 3 aromatic carbocycles. The van der Waals surface area contributed by atoms with E-state index in [4.69, 9.17) is 46.4 Å². The van der Waals surface area contributed by atoms with Gasteiger partial charge < -0.3 is 10.2 Å². The first kappa shape index (κ1) is 22.0. The van der Waals surface area contributed by atoms with E-state index < -0.39 is 31.4 Å². The van der Waals surface area contributed by atoms with Crippen LogP contribution in [0.25, 0.3) is 0 Å². The highest BCUT2D eigenvalue weighted by molar-refractivity contribution is 7.87. The number of aromatic hydroxyl groups is 2. The van der Waals surface area contributed by atoms with Gasteiger partial charge in [-0.2, -0.15) is 8.42 Å². The normalized spacial score (nSPS) is 13.8. The van der Waals surface area contributed by atoms with Crippen molar-refractivity contribution in [2.45, 2.75) is 4.75 Å². The van der Waals surface area contributed by atoms with Gasteiger partial charge in [-0.15, -0.1) is 0 Å². The lowest BCUT2D eigenvalue weighted by atomic mass is 9.83. The van der Waals surface area contributed by atoms with E-state index in [1.807, 2.05) is 0 Å². The molecule has 0 heterocycles. The fourth-order valence-electron chi connectivity index (χ4n) is 3.19. The van der Waals surface area contributed by atoms with Crippen molar-refractivity contribution in [2.24, 2.45) is 0 Å². The number of rotatable bonds is 4. The Morgan fingerprint density at radius 1 is 0.724 bits per heavy atom. The van der Waals surface area contributed by atoms with Crippen molar-refractivity contribution in [3.05, 3.63) is 91.4 Å². The quantitative estimate of drug-likeness (QED) is 0.239. The molecule has 3 N–H and O–H groups in total. The maximum atomic E-state index is 13.0. The number of hydrogen-bond acceptors (Lipinski definition) is 4. The predicted molar refractivity (Wildman–Crippen MR) is 114 cm³/mol. The zero-order valence-electron chi connectivity index (χ0n) is 14.3. The standard InChI is InChI=1S/C19H12Cl4O5S/c20-12-7-6-11(8-14(12)24)19(29(26,27)28,10-4-2-1-3-5-10)16-17(22)13(21)9-15(25)18(16)23/h1-9,24-25H,(H,26,27,28). The summed E-state index contributed by atoms with van der Waals surface area (Å²) in [6.07, 6.45) is 0. The third kappa shape index (κ3) is 3.54. The van der Waals surface area contributed by atoms with Crippen LogP contribution in [0.5, 0.6) is 11.5 Å². The minimum absolute atomic E-state index is 0.0367. The van der Waals surface area contributed by atoms with Gasteiger partial charge in [0.25, 0.3) is 10.1 Å². The van der Waals surface area contributed by atoms with Gasteiger partial charge in [0.05, 0.1) is 20.1 Å². The van der Waals surface area contributed by atoms with Crippen molar-refractivity contribution in [2.75, 3.05) is 0 Å². The Balaban J connectivity index is 2.64. The first-order valence-corrected chi connectivity index (χ1v) is 10.9. The summed E-state index contributed by atoms with van der Waals surface area (Å²) < 4.78 is 34.0. The van der Waals surface area contributed by atoms with Crippen molar-refractivity contribution >= 4 is 56.5 Å². The largest absolute Gasteiger partial charge is 0.506 e. The van der Waals surface area contributed by atoms with Crippen LogP contribution in [0.1, 0.15) is 16.7 Å². The van der Waals surface area contributed by atoms with Crippen LogP contribution in [-0.2, 0) is 14.9 Å². The molecule has 1 unspecified atom stereocenters. The molecular weight excluding hydrogens is 482 g/mol. The van der Waals surface area contributed by atoms with Gasteiger partial charge in [-0.1, -0.05) is 82.8 Å². The summed E-state index contributed by atoms with van der Waals surface area (Å²) in [6, 6.07) is 12.2. The fraction of sp³-hybridized carbons (Fsp3) is 0.0526. The molecule has 0 fully saturated rings. The summed E-state index contributed by atoms with van der Waals surface area (Å²) in [4.78, 5) is 0. The third-order valence-electron chi connectivity index (χ3n) is 4.41. The summed E-state index contributed by atoms with van der Waals surface area (Å²) >= 11 is 24.6. The molecule has 0 radical (unpaired) electrons. The topological polar surface area (TPSA) is 94.8 Å². The Bertz CT molecular complexity index is 1170. The Hall–Kier alpha value is -1.67. The molecule has 0 saturated carbocycles. The second kappa shape index (κ2) is 7.87. The van der Waals surface area contributed by atoms with E-state index >= 15 is 0 Å². The summed E-state index contributed by atoms with van der Waals surface area (Å²) in [5.41, 5.74) is -0.463. The Morgan fingerprint density at radius 2 is 1.34 bits per heavy atom. The van der Waals surface area contributed by atoms with Crippen LogP contribution in [0, 0.1) is 0 Å². The highest BCUT2D eigenvalue weighted by Gasteiger charge is 2.52. The van der Waals surface area contributed by atoms with Gasteiger partial charge in [-0.25, -0.2) is 0 Å². The zero-order valence-corrected chi connectivity index (χ0v) is 18.1. The second-order valence-corrected chi connectivity index (χ2v) is 9.20. The van der Waals surface area contributed by atoms with E-state index in [0.29, 0.717) is 0 Å². The SMILES string of the molecule is O=S(=O)(O)C(c1ccccc1)(c1ccc(Cl)c(O)c1)c1c(Cl)c(O)cc(Cl)c1Cl. The van der Waals surface area contributed by atoms with E-state index in [0.717, 1.165) is 12.1 Å². The fourth-order valence-corrected chi connectivity index (χ4v) is 5.56. The summed E-state index contributed by atoms with van der Waals surface area (Å²) in [7, 11) is -5.09. The maximum absolute atomic E-state index is 13.0. The molecule has 0 saturated heterocycles. The molecule has 152 valence electrons. The molecule has 0 aliphatic carbocycles. The monoisotopic (exact) mass is 492 g/mol. The predicted octanol–water partition coefficient (Wildman–Crippen LogP) is 5.89. The van der Waals surface area contributed by atoms with Gasteiger partial charge in [0.2, 0.25) is 0 Å². The van der Waals surface area contributed by atoms with Crippen molar-refractivity contribution in [3.8, 4) is 11.5 Å². The van der Waals surface area contributed by atoms with Crippen LogP contribution in [0.2, 0.25) is 20.1 Å². The third-order valence-corrected chi connectivity index (χ3v) is 7.35.